The van der Waals surface area contributed by atoms with Crippen LogP contribution in [0.25, 0.3) is 0 Å². The molecule has 3 aromatic rings. The van der Waals surface area contributed by atoms with Gasteiger partial charge >= 0.3 is 0 Å². The average molecular weight is 436 g/mol. The topological polar surface area (TPSA) is 84.6 Å². The molecule has 32 heavy (non-hydrogen) atoms. The van der Waals surface area contributed by atoms with Crippen LogP contribution < -0.4 is 10.6 Å². The predicted octanol–water partition coefficient (Wildman–Crippen LogP) is 4.44. The molecule has 0 bridgehead atoms. The van der Waals surface area contributed by atoms with Crippen molar-refractivity contribution in [3.8, 4) is 0 Å². The second kappa shape index (κ2) is 12.6. The highest BCUT2D eigenvalue weighted by Gasteiger charge is 2.15. The number of hydrogen-bond donors (Lipinski definition) is 2. The molecule has 3 rings (SSSR count). The zero-order valence-electron chi connectivity index (χ0n) is 19.1. The van der Waals surface area contributed by atoms with Gasteiger partial charge in [0.2, 0.25) is 5.89 Å². The lowest BCUT2D eigenvalue weighted by Gasteiger charge is -2.19. The van der Waals surface area contributed by atoms with Crippen molar-refractivity contribution in [3.63, 3.8) is 0 Å². The minimum absolute atomic E-state index is 0.194. The van der Waals surface area contributed by atoms with Gasteiger partial charge in [-0.1, -0.05) is 65.8 Å². The summed E-state index contributed by atoms with van der Waals surface area (Å²) in [6, 6.07) is 21.2. The van der Waals surface area contributed by atoms with E-state index in [-0.39, 0.29) is 6.10 Å². The lowest BCUT2D eigenvalue weighted by atomic mass is 9.88. The van der Waals surface area contributed by atoms with Gasteiger partial charge in [-0.2, -0.15) is 4.98 Å². The van der Waals surface area contributed by atoms with Gasteiger partial charge in [-0.25, -0.2) is 4.99 Å². The van der Waals surface area contributed by atoms with Crippen molar-refractivity contribution in [1.82, 2.24) is 20.8 Å². The Morgan fingerprint density at radius 2 is 1.66 bits per heavy atom. The summed E-state index contributed by atoms with van der Waals surface area (Å²) in [6.45, 7) is 8.34. The fourth-order valence-electron chi connectivity index (χ4n) is 3.54. The van der Waals surface area contributed by atoms with Crippen LogP contribution in [0.4, 0.5) is 0 Å². The Balaban J connectivity index is 1.61. The molecule has 7 nitrogen and oxygen atoms in total. The molecule has 0 spiro atoms. The third kappa shape index (κ3) is 6.92. The van der Waals surface area contributed by atoms with E-state index in [1.807, 2.05) is 20.8 Å². The van der Waals surface area contributed by atoms with Crippen molar-refractivity contribution in [2.45, 2.75) is 45.8 Å². The second-order valence-electron chi connectivity index (χ2n) is 7.43. The molecular weight excluding hydrogens is 402 g/mol. The Bertz CT molecular complexity index is 904. The van der Waals surface area contributed by atoms with Crippen molar-refractivity contribution in [2.75, 3.05) is 19.7 Å². The molecule has 1 heterocycles. The van der Waals surface area contributed by atoms with Crippen molar-refractivity contribution in [1.29, 1.82) is 0 Å². The molecule has 1 unspecified atom stereocenters. The maximum atomic E-state index is 5.51. The number of guanidine groups is 1. The van der Waals surface area contributed by atoms with Gasteiger partial charge in [0.25, 0.3) is 0 Å². The molecular formula is C25H33N5O2. The van der Waals surface area contributed by atoms with Gasteiger partial charge in [0.15, 0.2) is 11.8 Å². The monoisotopic (exact) mass is 435 g/mol. The van der Waals surface area contributed by atoms with Crippen LogP contribution in [0.1, 0.15) is 62.1 Å². The molecule has 0 aliphatic carbocycles. The van der Waals surface area contributed by atoms with Gasteiger partial charge in [-0.3, -0.25) is 0 Å². The molecule has 170 valence electrons. The summed E-state index contributed by atoms with van der Waals surface area (Å²) in [5.41, 5.74) is 2.62. The smallest absolute Gasteiger partial charge is 0.248 e. The first-order chi connectivity index (χ1) is 15.7. The standard InChI is InChI=1S/C25H33N5O2/c1-4-26-25(28-18-23-29-24(30-32-23)19(3)31-5-2)27-17-16-22(20-12-8-6-9-13-20)21-14-10-7-11-15-21/h6-15,19,22H,4-5,16-18H2,1-3H3,(H2,26,27,28). The molecule has 0 amide bonds. The number of rotatable bonds is 11. The van der Waals surface area contributed by atoms with Crippen molar-refractivity contribution in [2.24, 2.45) is 4.99 Å². The van der Waals surface area contributed by atoms with Crippen LogP contribution in [-0.2, 0) is 11.3 Å². The zero-order valence-corrected chi connectivity index (χ0v) is 19.1. The number of benzene rings is 2. The van der Waals surface area contributed by atoms with E-state index in [4.69, 9.17) is 9.26 Å². The first-order valence-electron chi connectivity index (χ1n) is 11.3. The van der Waals surface area contributed by atoms with Gasteiger partial charge in [-0.05, 0) is 38.3 Å². The van der Waals surface area contributed by atoms with Gasteiger partial charge in [-0.15, -0.1) is 0 Å². The van der Waals surface area contributed by atoms with E-state index in [2.05, 4.69) is 86.4 Å². The fourth-order valence-corrected chi connectivity index (χ4v) is 3.54. The Labute approximate surface area is 190 Å². The molecule has 7 heteroatoms. The third-order valence-electron chi connectivity index (χ3n) is 5.11. The van der Waals surface area contributed by atoms with E-state index in [1.165, 1.54) is 11.1 Å². The van der Waals surface area contributed by atoms with Crippen LogP contribution in [0.15, 0.2) is 70.2 Å². The van der Waals surface area contributed by atoms with Gasteiger partial charge in [0.05, 0.1) is 0 Å². The fraction of sp³-hybridized carbons (Fsp3) is 0.400. The van der Waals surface area contributed by atoms with E-state index in [1.54, 1.807) is 0 Å². The van der Waals surface area contributed by atoms with Gasteiger partial charge in [0.1, 0.15) is 12.6 Å². The molecule has 2 N–H and O–H groups in total. The maximum Gasteiger partial charge on any atom is 0.248 e. The molecule has 0 radical (unpaired) electrons. The molecule has 0 saturated carbocycles. The molecule has 2 aromatic carbocycles. The first-order valence-corrected chi connectivity index (χ1v) is 11.3. The van der Waals surface area contributed by atoms with Crippen molar-refractivity contribution in [3.05, 3.63) is 83.5 Å². The molecule has 1 aromatic heterocycles. The number of nitrogens with zero attached hydrogens (tertiary/aromatic N) is 3. The lowest BCUT2D eigenvalue weighted by Crippen LogP contribution is -2.38. The van der Waals surface area contributed by atoms with Crippen LogP contribution in [0, 0.1) is 0 Å². The minimum Gasteiger partial charge on any atom is -0.371 e. The second-order valence-corrected chi connectivity index (χ2v) is 7.43. The number of aliphatic imine (C=N–C) groups is 1. The number of ether oxygens (including phenoxy) is 1. The summed E-state index contributed by atoms with van der Waals surface area (Å²) in [7, 11) is 0. The minimum atomic E-state index is -0.194. The summed E-state index contributed by atoms with van der Waals surface area (Å²) in [4.78, 5) is 8.99. The molecule has 0 aliphatic rings. The van der Waals surface area contributed by atoms with E-state index < -0.39 is 0 Å². The molecule has 1 atom stereocenters. The van der Waals surface area contributed by atoms with Crippen LogP contribution in [0.2, 0.25) is 0 Å². The largest absolute Gasteiger partial charge is 0.371 e. The highest BCUT2D eigenvalue weighted by Crippen LogP contribution is 2.27. The zero-order chi connectivity index (χ0) is 22.6. The Morgan fingerprint density at radius 1 is 1.00 bits per heavy atom. The molecule has 0 saturated heterocycles. The normalized spacial score (nSPS) is 12.7. The predicted molar refractivity (Wildman–Crippen MR) is 127 cm³/mol. The van der Waals surface area contributed by atoms with E-state index in [9.17, 15) is 0 Å². The average Bonchev–Trinajstić information content (AvgIpc) is 3.31. The molecule has 0 fully saturated rings. The van der Waals surface area contributed by atoms with Crippen LogP contribution in [0.5, 0.6) is 0 Å². The summed E-state index contributed by atoms with van der Waals surface area (Å²) < 4.78 is 10.8. The van der Waals surface area contributed by atoms with Gasteiger partial charge in [0, 0.05) is 25.6 Å². The quantitative estimate of drug-likeness (QED) is 0.342. The maximum absolute atomic E-state index is 5.51. The summed E-state index contributed by atoms with van der Waals surface area (Å²) in [5.74, 6) is 2.05. The van der Waals surface area contributed by atoms with E-state index >= 15 is 0 Å². The lowest BCUT2D eigenvalue weighted by molar-refractivity contribution is 0.0683. The van der Waals surface area contributed by atoms with Crippen LogP contribution in [-0.4, -0.2) is 35.8 Å². The highest BCUT2D eigenvalue weighted by atomic mass is 16.5. The highest BCUT2D eigenvalue weighted by molar-refractivity contribution is 5.79. The SMILES string of the molecule is CCNC(=NCc1nc(C(C)OCC)no1)NCCC(c1ccccc1)c1ccccc1. The van der Waals surface area contributed by atoms with E-state index in [0.717, 1.165) is 25.5 Å². The summed E-state index contributed by atoms with van der Waals surface area (Å²) in [5, 5.41) is 10.7. The van der Waals surface area contributed by atoms with Crippen LogP contribution in [0.3, 0.4) is 0 Å². The van der Waals surface area contributed by atoms with Crippen molar-refractivity contribution < 1.29 is 9.26 Å². The van der Waals surface area contributed by atoms with Gasteiger partial charge < -0.3 is 19.9 Å². The van der Waals surface area contributed by atoms with Crippen LogP contribution >= 0.6 is 0 Å². The summed E-state index contributed by atoms with van der Waals surface area (Å²) >= 11 is 0. The summed E-state index contributed by atoms with van der Waals surface area (Å²) in [6.07, 6.45) is 0.746. The number of aromatic nitrogens is 2. The molecule has 0 aliphatic heterocycles. The van der Waals surface area contributed by atoms with Crippen molar-refractivity contribution >= 4 is 5.96 Å². The Hall–Kier alpha value is -3.19. The third-order valence-corrected chi connectivity index (χ3v) is 5.11. The Morgan fingerprint density at radius 3 is 2.25 bits per heavy atom. The number of hydrogen-bond acceptors (Lipinski definition) is 5. The number of nitrogens with one attached hydrogen (secondary N) is 2. The Kier molecular flexibility index (Phi) is 9.25. The van der Waals surface area contributed by atoms with E-state index in [0.29, 0.717) is 30.8 Å². The first kappa shape index (κ1) is 23.5.